The Morgan fingerprint density at radius 2 is 2.00 bits per heavy atom. The van der Waals surface area contributed by atoms with E-state index in [4.69, 9.17) is 5.21 Å². The van der Waals surface area contributed by atoms with Crippen molar-refractivity contribution in [3.05, 3.63) is 35.9 Å². The van der Waals surface area contributed by atoms with Crippen LogP contribution in [0.3, 0.4) is 0 Å². The molecule has 0 saturated carbocycles. The van der Waals surface area contributed by atoms with E-state index in [0.29, 0.717) is 0 Å². The van der Waals surface area contributed by atoms with Crippen molar-refractivity contribution in [3.8, 4) is 0 Å². The molecule has 1 aliphatic heterocycles. The van der Waals surface area contributed by atoms with E-state index < -0.39 is 28.6 Å². The largest absolute Gasteiger partial charge is 0.324 e. The minimum Gasteiger partial charge on any atom is -0.324 e. The van der Waals surface area contributed by atoms with E-state index in [0.717, 1.165) is 9.87 Å². The Bertz CT molecular complexity index is 622. The lowest BCUT2D eigenvalue weighted by Crippen LogP contribution is -2.66. The van der Waals surface area contributed by atoms with Crippen LogP contribution in [-0.4, -0.2) is 47.7 Å². The van der Waals surface area contributed by atoms with Crippen molar-refractivity contribution >= 4 is 23.1 Å². The number of hydroxylamine groups is 1. The van der Waals surface area contributed by atoms with Crippen molar-refractivity contribution in [2.75, 3.05) is 6.67 Å². The molecule has 2 amide bonds. The number of hydrogen-bond donors (Lipinski definition) is 3. The Hall–Kier alpha value is -1.81. The quantitative estimate of drug-likeness (QED) is 0.415. The van der Waals surface area contributed by atoms with Gasteiger partial charge in [-0.2, -0.15) is 4.31 Å². The SMILES string of the molecule is CC1(C)C(=O)N(Cc2ccccc2)CN(S(=O)O)C1C(=O)NO. The molecule has 1 aromatic carbocycles. The van der Waals surface area contributed by atoms with Crippen LogP contribution in [-0.2, 0) is 27.4 Å². The van der Waals surface area contributed by atoms with E-state index in [2.05, 4.69) is 0 Å². The highest BCUT2D eigenvalue weighted by atomic mass is 32.2. The van der Waals surface area contributed by atoms with E-state index in [1.165, 1.54) is 24.2 Å². The molecule has 8 nitrogen and oxygen atoms in total. The van der Waals surface area contributed by atoms with Crippen LogP contribution in [0.15, 0.2) is 30.3 Å². The summed E-state index contributed by atoms with van der Waals surface area (Å²) < 4.78 is 22.1. The Morgan fingerprint density at radius 1 is 1.39 bits per heavy atom. The lowest BCUT2D eigenvalue weighted by Gasteiger charge is -2.46. The molecule has 0 radical (unpaired) electrons. The molecule has 1 saturated heterocycles. The van der Waals surface area contributed by atoms with Crippen molar-refractivity contribution in [2.45, 2.75) is 26.4 Å². The zero-order valence-electron chi connectivity index (χ0n) is 12.8. The molecule has 0 aromatic heterocycles. The van der Waals surface area contributed by atoms with Crippen molar-refractivity contribution in [2.24, 2.45) is 5.41 Å². The average molecular weight is 341 g/mol. The van der Waals surface area contributed by atoms with Gasteiger partial charge in [-0.05, 0) is 19.4 Å². The summed E-state index contributed by atoms with van der Waals surface area (Å²) in [6, 6.07) is 7.94. The highest BCUT2D eigenvalue weighted by molar-refractivity contribution is 7.76. The Labute approximate surface area is 136 Å². The molecular formula is C14H19N3O5S. The van der Waals surface area contributed by atoms with Gasteiger partial charge in [0.15, 0.2) is 0 Å². The molecule has 9 heteroatoms. The first-order valence-corrected chi connectivity index (χ1v) is 8.00. The summed E-state index contributed by atoms with van der Waals surface area (Å²) in [7, 11) is 0. The number of hydrogen-bond acceptors (Lipinski definition) is 4. The van der Waals surface area contributed by atoms with Gasteiger partial charge in [0.2, 0.25) is 17.2 Å². The standard InChI is InChI=1S/C14H19N3O5S/c1-14(2)11(12(18)15-20)17(23(21)22)9-16(13(14)19)8-10-6-4-3-5-7-10/h3-7,11,20H,8-9H2,1-2H3,(H,15,18)(H,21,22). The van der Waals surface area contributed by atoms with Crippen molar-refractivity contribution < 1.29 is 23.6 Å². The first-order chi connectivity index (χ1) is 10.8. The van der Waals surface area contributed by atoms with Crippen LogP contribution in [0.4, 0.5) is 0 Å². The van der Waals surface area contributed by atoms with Crippen LogP contribution >= 0.6 is 0 Å². The van der Waals surface area contributed by atoms with Gasteiger partial charge in [-0.1, -0.05) is 30.3 Å². The third kappa shape index (κ3) is 3.42. The predicted octanol–water partition coefficient (Wildman–Crippen LogP) is 0.325. The van der Waals surface area contributed by atoms with Gasteiger partial charge in [-0.25, -0.2) is 9.69 Å². The summed E-state index contributed by atoms with van der Waals surface area (Å²) in [5.41, 5.74) is 1.05. The zero-order chi connectivity index (χ0) is 17.2. The van der Waals surface area contributed by atoms with Crippen molar-refractivity contribution in [1.29, 1.82) is 0 Å². The number of nitrogens with one attached hydrogen (secondary N) is 1. The number of amides is 2. The van der Waals surface area contributed by atoms with Gasteiger partial charge >= 0.3 is 0 Å². The van der Waals surface area contributed by atoms with Crippen LogP contribution in [0.2, 0.25) is 0 Å². The highest BCUT2D eigenvalue weighted by Crippen LogP contribution is 2.34. The number of rotatable bonds is 4. The molecule has 2 unspecified atom stereocenters. The van der Waals surface area contributed by atoms with E-state index in [1.54, 1.807) is 0 Å². The monoisotopic (exact) mass is 341 g/mol. The first kappa shape index (κ1) is 17.5. The topological polar surface area (TPSA) is 110 Å². The second-order valence-electron chi connectivity index (χ2n) is 5.88. The smallest absolute Gasteiger partial charge is 0.262 e. The van der Waals surface area contributed by atoms with Gasteiger partial charge < -0.3 is 4.90 Å². The number of benzene rings is 1. The Morgan fingerprint density at radius 3 is 2.52 bits per heavy atom. The maximum Gasteiger partial charge on any atom is 0.262 e. The summed E-state index contributed by atoms with van der Waals surface area (Å²) in [5, 5.41) is 8.87. The van der Waals surface area contributed by atoms with Gasteiger partial charge in [-0.15, -0.1) is 0 Å². The fourth-order valence-corrected chi connectivity index (χ4v) is 3.56. The Kier molecular flexibility index (Phi) is 5.15. The normalized spacial score (nSPS) is 22.7. The van der Waals surface area contributed by atoms with Gasteiger partial charge in [-0.3, -0.25) is 19.3 Å². The van der Waals surface area contributed by atoms with Gasteiger partial charge in [0, 0.05) is 6.54 Å². The third-order valence-electron chi connectivity index (χ3n) is 3.90. The summed E-state index contributed by atoms with van der Waals surface area (Å²) in [4.78, 5) is 26.0. The van der Waals surface area contributed by atoms with E-state index in [1.807, 2.05) is 30.3 Å². The van der Waals surface area contributed by atoms with Crippen LogP contribution in [0.5, 0.6) is 0 Å². The number of nitrogens with zero attached hydrogens (tertiary/aromatic N) is 2. The van der Waals surface area contributed by atoms with Gasteiger partial charge in [0.25, 0.3) is 5.91 Å². The van der Waals surface area contributed by atoms with Crippen LogP contribution in [0, 0.1) is 5.41 Å². The molecule has 1 aromatic rings. The van der Waals surface area contributed by atoms with Gasteiger partial charge in [0.1, 0.15) is 6.04 Å². The molecule has 1 aliphatic rings. The van der Waals surface area contributed by atoms with Crippen LogP contribution in [0.1, 0.15) is 19.4 Å². The first-order valence-electron chi connectivity index (χ1n) is 6.94. The Balaban J connectivity index is 2.34. The van der Waals surface area contributed by atoms with E-state index >= 15 is 0 Å². The fraction of sp³-hybridized carbons (Fsp3) is 0.429. The molecule has 3 N–H and O–H groups in total. The second-order valence-corrected chi connectivity index (χ2v) is 6.81. The van der Waals surface area contributed by atoms with Crippen LogP contribution in [0.25, 0.3) is 0 Å². The predicted molar refractivity (Wildman–Crippen MR) is 82.0 cm³/mol. The summed E-state index contributed by atoms with van der Waals surface area (Å²) in [6.45, 7) is 3.07. The molecule has 0 spiro atoms. The number of carbonyl (C=O) groups excluding carboxylic acids is 2. The molecular weight excluding hydrogens is 322 g/mol. The van der Waals surface area contributed by atoms with Crippen molar-refractivity contribution in [1.82, 2.24) is 14.7 Å². The number of carbonyl (C=O) groups is 2. The molecule has 0 aliphatic carbocycles. The van der Waals surface area contributed by atoms with E-state index in [-0.39, 0.29) is 19.1 Å². The lowest BCUT2D eigenvalue weighted by molar-refractivity contribution is -0.161. The third-order valence-corrected chi connectivity index (χ3v) is 4.62. The highest BCUT2D eigenvalue weighted by Gasteiger charge is 2.52. The average Bonchev–Trinajstić information content (AvgIpc) is 2.51. The van der Waals surface area contributed by atoms with Gasteiger partial charge in [0.05, 0.1) is 12.1 Å². The maximum atomic E-state index is 12.7. The summed E-state index contributed by atoms with van der Waals surface area (Å²) in [5.74, 6) is -1.23. The fourth-order valence-electron chi connectivity index (χ4n) is 2.78. The van der Waals surface area contributed by atoms with Crippen molar-refractivity contribution in [3.63, 3.8) is 0 Å². The van der Waals surface area contributed by atoms with E-state index in [9.17, 15) is 18.4 Å². The minimum absolute atomic E-state index is 0.196. The molecule has 23 heavy (non-hydrogen) atoms. The molecule has 2 rings (SSSR count). The minimum atomic E-state index is -2.48. The maximum absolute atomic E-state index is 12.7. The second kappa shape index (κ2) is 6.75. The molecule has 2 atom stereocenters. The van der Waals surface area contributed by atoms with Crippen LogP contribution < -0.4 is 5.48 Å². The zero-order valence-corrected chi connectivity index (χ0v) is 13.6. The summed E-state index contributed by atoms with van der Waals surface area (Å²) >= 11 is -2.48. The summed E-state index contributed by atoms with van der Waals surface area (Å²) in [6.07, 6.45) is 0. The molecule has 0 bridgehead atoms. The molecule has 126 valence electrons. The lowest BCUT2D eigenvalue weighted by atomic mass is 9.80. The molecule has 1 fully saturated rings. The molecule has 1 heterocycles.